The minimum absolute atomic E-state index is 0.0112. The molecule has 0 fully saturated rings. The van der Waals surface area contributed by atoms with Crippen LogP contribution >= 0.6 is 11.6 Å². The van der Waals surface area contributed by atoms with Gasteiger partial charge in [0.2, 0.25) is 0 Å². The van der Waals surface area contributed by atoms with Gasteiger partial charge in [0.05, 0.1) is 0 Å². The minimum Gasteiger partial charge on any atom is -0.349 e. The molecule has 106 valence electrons. The quantitative estimate of drug-likeness (QED) is 0.835. The lowest BCUT2D eigenvalue weighted by molar-refractivity contribution is 0.0900. The zero-order valence-corrected chi connectivity index (χ0v) is 12.6. The molecular weight excluding hydrogens is 265 g/mol. The van der Waals surface area contributed by atoms with Crippen molar-refractivity contribution in [3.63, 3.8) is 0 Å². The first kappa shape index (κ1) is 16.0. The summed E-state index contributed by atoms with van der Waals surface area (Å²) >= 11 is 5.78. The summed E-state index contributed by atoms with van der Waals surface area (Å²) in [4.78, 5) is 12.2. The second-order valence-corrected chi connectivity index (χ2v) is 6.21. The van der Waals surface area contributed by atoms with Crippen LogP contribution in [0.15, 0.2) is 18.2 Å². The molecule has 1 rings (SSSR count). The molecule has 1 aromatic rings. The number of carbonyl (C=O) groups is 1. The normalized spacial score (nSPS) is 13.2. The lowest BCUT2D eigenvalue weighted by Gasteiger charge is -2.31. The van der Waals surface area contributed by atoms with Gasteiger partial charge in [-0.15, -0.1) is 11.6 Å². The van der Waals surface area contributed by atoms with Crippen molar-refractivity contribution in [3.05, 3.63) is 35.1 Å². The largest absolute Gasteiger partial charge is 0.349 e. The Morgan fingerprint density at radius 2 is 2.05 bits per heavy atom. The Balaban J connectivity index is 2.84. The highest BCUT2D eigenvalue weighted by atomic mass is 35.5. The molecule has 0 aliphatic carbocycles. The molecule has 0 spiro atoms. The number of amides is 1. The Kier molecular flexibility index (Phi) is 5.36. The van der Waals surface area contributed by atoms with E-state index < -0.39 is 0 Å². The number of aryl methyl sites for hydroxylation is 1. The van der Waals surface area contributed by atoms with Crippen molar-refractivity contribution in [2.24, 2.45) is 5.41 Å². The molecule has 1 N–H and O–H groups in total. The topological polar surface area (TPSA) is 29.1 Å². The molecule has 0 aromatic heterocycles. The van der Waals surface area contributed by atoms with Gasteiger partial charge in [0, 0.05) is 17.5 Å². The van der Waals surface area contributed by atoms with Crippen LogP contribution in [-0.2, 0) is 0 Å². The Labute approximate surface area is 119 Å². The van der Waals surface area contributed by atoms with Crippen LogP contribution in [0.3, 0.4) is 0 Å². The smallest absolute Gasteiger partial charge is 0.251 e. The highest BCUT2D eigenvalue weighted by molar-refractivity contribution is 6.17. The van der Waals surface area contributed by atoms with Gasteiger partial charge in [-0.1, -0.05) is 20.8 Å². The number of benzene rings is 1. The minimum atomic E-state index is -0.301. The number of nitrogens with one attached hydrogen (secondary N) is 1. The van der Waals surface area contributed by atoms with Crippen molar-refractivity contribution in [3.8, 4) is 0 Å². The maximum Gasteiger partial charge on any atom is 0.251 e. The number of halogens is 2. The van der Waals surface area contributed by atoms with E-state index in [1.165, 1.54) is 12.1 Å². The van der Waals surface area contributed by atoms with Crippen LogP contribution in [0.5, 0.6) is 0 Å². The van der Waals surface area contributed by atoms with E-state index in [1.807, 2.05) is 0 Å². The molecule has 19 heavy (non-hydrogen) atoms. The summed E-state index contributed by atoms with van der Waals surface area (Å²) in [6.07, 6.45) is 0.705. The Bertz CT molecular complexity index is 454. The van der Waals surface area contributed by atoms with E-state index in [-0.39, 0.29) is 23.2 Å². The van der Waals surface area contributed by atoms with Crippen LogP contribution in [0.25, 0.3) is 0 Å². The fourth-order valence-corrected chi connectivity index (χ4v) is 2.08. The van der Waals surface area contributed by atoms with Crippen molar-refractivity contribution < 1.29 is 9.18 Å². The third-order valence-corrected chi connectivity index (χ3v) is 3.39. The van der Waals surface area contributed by atoms with Crippen LogP contribution in [0.4, 0.5) is 4.39 Å². The number of carbonyl (C=O) groups excluding carboxylic acids is 1. The molecule has 1 atom stereocenters. The van der Waals surface area contributed by atoms with Crippen LogP contribution in [0.1, 0.15) is 43.1 Å². The predicted octanol–water partition coefficient (Wildman–Crippen LogP) is 3.91. The van der Waals surface area contributed by atoms with E-state index in [4.69, 9.17) is 11.6 Å². The Morgan fingerprint density at radius 3 is 2.53 bits per heavy atom. The highest BCUT2D eigenvalue weighted by Gasteiger charge is 2.26. The molecule has 1 unspecified atom stereocenters. The maximum absolute atomic E-state index is 13.2. The monoisotopic (exact) mass is 285 g/mol. The van der Waals surface area contributed by atoms with Crippen molar-refractivity contribution in [1.82, 2.24) is 5.32 Å². The van der Waals surface area contributed by atoms with E-state index in [0.29, 0.717) is 23.4 Å². The fourth-order valence-electron chi connectivity index (χ4n) is 1.86. The van der Waals surface area contributed by atoms with Crippen molar-refractivity contribution in [1.29, 1.82) is 0 Å². The molecule has 0 aliphatic rings. The summed E-state index contributed by atoms with van der Waals surface area (Å²) < 4.78 is 13.2. The summed E-state index contributed by atoms with van der Waals surface area (Å²) in [6.45, 7) is 7.81. The molecule has 1 amide bonds. The summed E-state index contributed by atoms with van der Waals surface area (Å²) in [7, 11) is 0. The lowest BCUT2D eigenvalue weighted by Crippen LogP contribution is -2.44. The molecule has 0 heterocycles. The van der Waals surface area contributed by atoms with Gasteiger partial charge >= 0.3 is 0 Å². The summed E-state index contributed by atoms with van der Waals surface area (Å²) in [5, 5.41) is 2.98. The van der Waals surface area contributed by atoms with Crippen LogP contribution in [0, 0.1) is 18.2 Å². The summed E-state index contributed by atoms with van der Waals surface area (Å²) in [5.41, 5.74) is 0.875. The Hall–Kier alpha value is -1.09. The SMILES string of the molecule is Cc1cc(C(=O)NC(CCCl)C(C)(C)C)ccc1F. The fraction of sp³-hybridized carbons (Fsp3) is 0.533. The molecule has 0 saturated carbocycles. The number of rotatable bonds is 4. The lowest BCUT2D eigenvalue weighted by atomic mass is 9.85. The summed E-state index contributed by atoms with van der Waals surface area (Å²) in [5.74, 6) is 0.00261. The van der Waals surface area contributed by atoms with Gasteiger partial charge in [0.1, 0.15) is 5.82 Å². The van der Waals surface area contributed by atoms with Gasteiger partial charge in [-0.3, -0.25) is 4.79 Å². The molecule has 1 aromatic carbocycles. The average Bonchev–Trinajstić information content (AvgIpc) is 2.30. The third-order valence-electron chi connectivity index (χ3n) is 3.17. The molecule has 0 saturated heterocycles. The van der Waals surface area contributed by atoms with Gasteiger partial charge in [-0.2, -0.15) is 0 Å². The zero-order valence-electron chi connectivity index (χ0n) is 11.9. The maximum atomic E-state index is 13.2. The number of alkyl halides is 1. The van der Waals surface area contributed by atoms with E-state index in [2.05, 4.69) is 26.1 Å². The van der Waals surface area contributed by atoms with Crippen molar-refractivity contribution >= 4 is 17.5 Å². The van der Waals surface area contributed by atoms with Gasteiger partial charge < -0.3 is 5.32 Å². The standard InChI is InChI=1S/C15H21ClFNO/c1-10-9-11(5-6-12(10)17)14(19)18-13(7-8-16)15(2,3)4/h5-6,9,13H,7-8H2,1-4H3,(H,18,19). The van der Waals surface area contributed by atoms with Crippen LogP contribution in [0.2, 0.25) is 0 Å². The first-order chi connectivity index (χ1) is 8.75. The molecule has 0 bridgehead atoms. The molecule has 4 heteroatoms. The zero-order chi connectivity index (χ0) is 14.6. The number of hydrogen-bond donors (Lipinski definition) is 1. The molecule has 2 nitrogen and oxygen atoms in total. The predicted molar refractivity (Wildman–Crippen MR) is 77.2 cm³/mol. The highest BCUT2D eigenvalue weighted by Crippen LogP contribution is 2.22. The number of hydrogen-bond acceptors (Lipinski definition) is 1. The molecule has 0 aliphatic heterocycles. The third kappa shape index (κ3) is 4.50. The van der Waals surface area contributed by atoms with Gasteiger partial charge in [-0.05, 0) is 42.5 Å². The molecular formula is C15H21ClFNO. The average molecular weight is 286 g/mol. The van der Waals surface area contributed by atoms with E-state index >= 15 is 0 Å². The van der Waals surface area contributed by atoms with E-state index in [0.717, 1.165) is 0 Å². The van der Waals surface area contributed by atoms with Crippen molar-refractivity contribution in [2.75, 3.05) is 5.88 Å². The summed E-state index contributed by atoms with van der Waals surface area (Å²) in [6, 6.07) is 4.36. The van der Waals surface area contributed by atoms with Gasteiger partial charge in [0.15, 0.2) is 0 Å². The van der Waals surface area contributed by atoms with Crippen LogP contribution < -0.4 is 5.32 Å². The van der Waals surface area contributed by atoms with Gasteiger partial charge in [-0.25, -0.2) is 4.39 Å². The first-order valence-corrected chi connectivity index (χ1v) is 6.92. The van der Waals surface area contributed by atoms with E-state index in [9.17, 15) is 9.18 Å². The first-order valence-electron chi connectivity index (χ1n) is 6.38. The second-order valence-electron chi connectivity index (χ2n) is 5.83. The molecule has 0 radical (unpaired) electrons. The van der Waals surface area contributed by atoms with E-state index in [1.54, 1.807) is 13.0 Å². The Morgan fingerprint density at radius 1 is 1.42 bits per heavy atom. The van der Waals surface area contributed by atoms with Crippen molar-refractivity contribution in [2.45, 2.75) is 40.2 Å². The second kappa shape index (κ2) is 6.38. The van der Waals surface area contributed by atoms with Crippen LogP contribution in [-0.4, -0.2) is 17.8 Å². The van der Waals surface area contributed by atoms with Gasteiger partial charge in [0.25, 0.3) is 5.91 Å².